The van der Waals surface area contributed by atoms with Crippen molar-refractivity contribution in [3.63, 3.8) is 0 Å². The van der Waals surface area contributed by atoms with E-state index in [1.165, 1.54) is 0 Å². The van der Waals surface area contributed by atoms with Crippen molar-refractivity contribution in [3.8, 4) is 0 Å². The molecular weight excluding hydrogens is 100 g/mol. The monoisotopic (exact) mass is 112 g/mol. The smallest absolute Gasteiger partial charge is 0.00494 e. The van der Waals surface area contributed by atoms with Crippen LogP contribution in [0.5, 0.6) is 0 Å². The summed E-state index contributed by atoms with van der Waals surface area (Å²) in [5.74, 6) is 0. The minimum absolute atomic E-state index is 0.816. The predicted molar refractivity (Wildman–Crippen MR) is 36.1 cm³/mol. The van der Waals surface area contributed by atoms with Gasteiger partial charge < -0.3 is 11.1 Å². The van der Waals surface area contributed by atoms with Crippen LogP contribution in [0.15, 0.2) is 24.0 Å². The van der Waals surface area contributed by atoms with E-state index in [9.17, 15) is 0 Å². The van der Waals surface area contributed by atoms with Crippen molar-refractivity contribution < 1.29 is 0 Å². The summed E-state index contributed by atoms with van der Waals surface area (Å²) in [6.07, 6.45) is 5.50. The van der Waals surface area contributed by atoms with Crippen LogP contribution in [-0.4, -0.2) is 7.05 Å². The van der Waals surface area contributed by atoms with Crippen molar-refractivity contribution in [1.82, 2.24) is 5.32 Å². The Balaban J connectivity index is 3.42. The standard InChI is InChI=1S/C6H12N2/c1-6(7)4-3-5-8-2/h3-5,8H,7H2,1-2H3/b5-3+,6-4-. The van der Waals surface area contributed by atoms with Crippen LogP contribution in [-0.2, 0) is 0 Å². The van der Waals surface area contributed by atoms with Gasteiger partial charge in [0, 0.05) is 12.7 Å². The van der Waals surface area contributed by atoms with E-state index in [0.29, 0.717) is 0 Å². The summed E-state index contributed by atoms with van der Waals surface area (Å²) in [6.45, 7) is 1.85. The number of nitrogens with one attached hydrogen (secondary N) is 1. The van der Waals surface area contributed by atoms with Crippen LogP contribution in [0, 0.1) is 0 Å². The number of rotatable bonds is 2. The summed E-state index contributed by atoms with van der Waals surface area (Å²) in [7, 11) is 1.84. The molecule has 3 N–H and O–H groups in total. The maximum Gasteiger partial charge on any atom is 0.00494 e. The number of nitrogens with two attached hydrogens (primary N) is 1. The van der Waals surface area contributed by atoms with Gasteiger partial charge in [0.2, 0.25) is 0 Å². The lowest BCUT2D eigenvalue weighted by atomic mass is 10.4. The molecule has 2 heteroatoms. The third-order valence-corrected chi connectivity index (χ3v) is 0.622. The van der Waals surface area contributed by atoms with Gasteiger partial charge in [-0.15, -0.1) is 0 Å². The van der Waals surface area contributed by atoms with E-state index in [2.05, 4.69) is 5.32 Å². The normalized spacial score (nSPS) is 12.5. The summed E-state index contributed by atoms with van der Waals surface area (Å²) in [5.41, 5.74) is 6.13. The van der Waals surface area contributed by atoms with Crippen molar-refractivity contribution in [2.24, 2.45) is 5.73 Å². The molecule has 8 heavy (non-hydrogen) atoms. The molecule has 0 aliphatic carbocycles. The van der Waals surface area contributed by atoms with E-state index >= 15 is 0 Å². The first-order valence-corrected chi connectivity index (χ1v) is 2.53. The average molecular weight is 112 g/mol. The highest BCUT2D eigenvalue weighted by atomic mass is 14.8. The third-order valence-electron chi connectivity index (χ3n) is 0.622. The predicted octanol–water partition coefficient (Wildman–Crippen LogP) is 0.582. The van der Waals surface area contributed by atoms with Gasteiger partial charge in [0.25, 0.3) is 0 Å². The lowest BCUT2D eigenvalue weighted by Gasteiger charge is -1.83. The highest BCUT2D eigenvalue weighted by Crippen LogP contribution is 1.78. The third kappa shape index (κ3) is 5.08. The zero-order chi connectivity index (χ0) is 6.41. The van der Waals surface area contributed by atoms with Gasteiger partial charge in [-0.25, -0.2) is 0 Å². The molecule has 0 aromatic rings. The van der Waals surface area contributed by atoms with Gasteiger partial charge >= 0.3 is 0 Å². The molecule has 0 aliphatic rings. The second-order valence-electron chi connectivity index (χ2n) is 1.56. The van der Waals surface area contributed by atoms with Gasteiger partial charge in [-0.2, -0.15) is 0 Å². The Morgan fingerprint density at radius 3 is 2.62 bits per heavy atom. The molecule has 0 aliphatic heterocycles. The van der Waals surface area contributed by atoms with E-state index in [1.807, 2.05) is 32.3 Å². The first-order chi connectivity index (χ1) is 3.77. The van der Waals surface area contributed by atoms with Gasteiger partial charge in [0.05, 0.1) is 0 Å². The van der Waals surface area contributed by atoms with Crippen LogP contribution in [0.2, 0.25) is 0 Å². The highest BCUT2D eigenvalue weighted by molar-refractivity contribution is 5.06. The topological polar surface area (TPSA) is 38.0 Å². The summed E-state index contributed by atoms with van der Waals surface area (Å²) in [4.78, 5) is 0. The van der Waals surface area contributed by atoms with Crippen LogP contribution in [0.25, 0.3) is 0 Å². The SMILES string of the molecule is CN/C=C/C=C(/C)N. The minimum atomic E-state index is 0.816. The largest absolute Gasteiger partial charge is 0.402 e. The second kappa shape index (κ2) is 4.24. The molecule has 0 amide bonds. The Bertz CT molecular complexity index is 99.1. The van der Waals surface area contributed by atoms with E-state index < -0.39 is 0 Å². The Kier molecular flexibility index (Phi) is 3.76. The fourth-order valence-electron chi connectivity index (χ4n) is 0.296. The summed E-state index contributed by atoms with van der Waals surface area (Å²) in [6, 6.07) is 0. The molecule has 0 bridgehead atoms. The number of hydrogen-bond acceptors (Lipinski definition) is 2. The van der Waals surface area contributed by atoms with Gasteiger partial charge in [0.15, 0.2) is 0 Å². The highest BCUT2D eigenvalue weighted by Gasteiger charge is 1.66. The van der Waals surface area contributed by atoms with Crippen LogP contribution in [0.3, 0.4) is 0 Å². The molecule has 0 spiro atoms. The first kappa shape index (κ1) is 7.08. The van der Waals surface area contributed by atoms with Gasteiger partial charge in [-0.1, -0.05) is 0 Å². The van der Waals surface area contributed by atoms with Crippen LogP contribution >= 0.6 is 0 Å². The number of hydrogen-bond donors (Lipinski definition) is 2. The molecule has 0 aromatic carbocycles. The summed E-state index contributed by atoms with van der Waals surface area (Å²) >= 11 is 0. The Hall–Kier alpha value is -0.920. The molecular formula is C6H12N2. The fourth-order valence-corrected chi connectivity index (χ4v) is 0.296. The molecule has 0 saturated carbocycles. The van der Waals surface area contributed by atoms with Gasteiger partial charge in [-0.05, 0) is 25.3 Å². The minimum Gasteiger partial charge on any atom is -0.402 e. The zero-order valence-corrected chi connectivity index (χ0v) is 5.31. The molecule has 2 nitrogen and oxygen atoms in total. The van der Waals surface area contributed by atoms with E-state index in [1.54, 1.807) is 0 Å². The lowest BCUT2D eigenvalue weighted by molar-refractivity contribution is 1.10. The van der Waals surface area contributed by atoms with E-state index in [0.717, 1.165) is 5.70 Å². The van der Waals surface area contributed by atoms with Crippen molar-refractivity contribution in [1.29, 1.82) is 0 Å². The maximum atomic E-state index is 5.32. The number of allylic oxidation sites excluding steroid dienone is 3. The van der Waals surface area contributed by atoms with Gasteiger partial charge in [0.1, 0.15) is 0 Å². The van der Waals surface area contributed by atoms with Crippen molar-refractivity contribution in [2.75, 3.05) is 7.05 Å². The fraction of sp³-hybridized carbons (Fsp3) is 0.333. The van der Waals surface area contributed by atoms with E-state index in [4.69, 9.17) is 5.73 Å². The molecule has 0 heterocycles. The Labute approximate surface area is 50.1 Å². The Morgan fingerprint density at radius 1 is 1.62 bits per heavy atom. The maximum absolute atomic E-state index is 5.32. The molecule has 0 saturated heterocycles. The first-order valence-electron chi connectivity index (χ1n) is 2.53. The molecule has 0 atom stereocenters. The zero-order valence-electron chi connectivity index (χ0n) is 5.31. The molecule has 0 rings (SSSR count). The van der Waals surface area contributed by atoms with Crippen LogP contribution in [0.4, 0.5) is 0 Å². The van der Waals surface area contributed by atoms with Crippen molar-refractivity contribution in [3.05, 3.63) is 24.0 Å². The second-order valence-corrected chi connectivity index (χ2v) is 1.56. The van der Waals surface area contributed by atoms with Crippen molar-refractivity contribution >= 4 is 0 Å². The quantitative estimate of drug-likeness (QED) is 0.513. The van der Waals surface area contributed by atoms with Crippen LogP contribution in [0.1, 0.15) is 6.92 Å². The summed E-state index contributed by atoms with van der Waals surface area (Å²) in [5, 5.41) is 2.84. The lowest BCUT2D eigenvalue weighted by Crippen LogP contribution is -1.92. The molecule has 0 fully saturated rings. The molecule has 46 valence electrons. The van der Waals surface area contributed by atoms with E-state index in [-0.39, 0.29) is 0 Å². The molecule has 0 aromatic heterocycles. The molecule has 0 unspecified atom stereocenters. The Morgan fingerprint density at radius 2 is 2.25 bits per heavy atom. The van der Waals surface area contributed by atoms with Gasteiger partial charge in [-0.3, -0.25) is 0 Å². The van der Waals surface area contributed by atoms with Crippen molar-refractivity contribution in [2.45, 2.75) is 6.92 Å². The molecule has 0 radical (unpaired) electrons. The van der Waals surface area contributed by atoms with Crippen LogP contribution < -0.4 is 11.1 Å². The average Bonchev–Trinajstić information content (AvgIpc) is 1.66. The summed E-state index contributed by atoms with van der Waals surface area (Å²) < 4.78 is 0.